The molecule has 1 heterocycles. The molecule has 0 bridgehead atoms. The van der Waals surface area contributed by atoms with E-state index in [1.54, 1.807) is 0 Å². The van der Waals surface area contributed by atoms with Gasteiger partial charge in [-0.05, 0) is 44.2 Å². The summed E-state index contributed by atoms with van der Waals surface area (Å²) in [5.74, 6) is 0. The number of nitrogens with zero attached hydrogens (tertiary/aromatic N) is 1. The fourth-order valence-electron chi connectivity index (χ4n) is 2.47. The van der Waals surface area contributed by atoms with Gasteiger partial charge < -0.3 is 5.32 Å². The minimum atomic E-state index is 0.0761. The molecule has 90 valence electrons. The van der Waals surface area contributed by atoms with Crippen molar-refractivity contribution in [2.24, 2.45) is 0 Å². The first-order valence-electron chi connectivity index (χ1n) is 6.43. The molecule has 1 unspecified atom stereocenters. The van der Waals surface area contributed by atoms with Gasteiger partial charge in [-0.1, -0.05) is 18.2 Å². The average molecular weight is 230 g/mol. The molecule has 0 aromatic heterocycles. The maximum atomic E-state index is 12.2. The first kappa shape index (κ1) is 10.6. The maximum absolute atomic E-state index is 12.2. The van der Waals surface area contributed by atoms with Crippen LogP contribution in [0.1, 0.15) is 31.7 Å². The minimum Gasteiger partial charge on any atom is -0.335 e. The Balaban J connectivity index is 1.88. The Morgan fingerprint density at radius 1 is 1.29 bits per heavy atom. The smallest absolute Gasteiger partial charge is 0.322 e. The highest BCUT2D eigenvalue weighted by Crippen LogP contribution is 2.31. The average Bonchev–Trinajstić information content (AvgIpc) is 3.12. The summed E-state index contributed by atoms with van der Waals surface area (Å²) in [6.45, 7) is 2.13. The van der Waals surface area contributed by atoms with Crippen LogP contribution in [-0.2, 0) is 6.42 Å². The Morgan fingerprint density at radius 2 is 2.06 bits per heavy atom. The van der Waals surface area contributed by atoms with Crippen LogP contribution in [0.5, 0.6) is 0 Å². The molecule has 1 fully saturated rings. The molecular weight excluding hydrogens is 212 g/mol. The van der Waals surface area contributed by atoms with Crippen LogP contribution in [0.15, 0.2) is 24.3 Å². The summed E-state index contributed by atoms with van der Waals surface area (Å²) in [4.78, 5) is 14.2. The van der Waals surface area contributed by atoms with E-state index in [1.165, 1.54) is 5.56 Å². The number of para-hydroxylation sites is 1. The van der Waals surface area contributed by atoms with Crippen molar-refractivity contribution in [3.05, 3.63) is 29.8 Å². The number of fused-ring (bicyclic) bond motifs is 1. The van der Waals surface area contributed by atoms with Gasteiger partial charge in [-0.25, -0.2) is 4.79 Å². The normalized spacial score (nSPS) is 23.1. The summed E-state index contributed by atoms with van der Waals surface area (Å²) >= 11 is 0. The third-order valence-corrected chi connectivity index (χ3v) is 3.65. The summed E-state index contributed by atoms with van der Waals surface area (Å²) in [5.41, 5.74) is 2.38. The van der Waals surface area contributed by atoms with E-state index >= 15 is 0 Å². The Labute approximate surface area is 102 Å². The molecule has 0 radical (unpaired) electrons. The van der Waals surface area contributed by atoms with Crippen LogP contribution in [0.2, 0.25) is 0 Å². The lowest BCUT2D eigenvalue weighted by molar-refractivity contribution is 0.243. The fourth-order valence-corrected chi connectivity index (χ4v) is 2.47. The number of rotatable bonds is 1. The molecule has 3 heteroatoms. The van der Waals surface area contributed by atoms with Crippen LogP contribution in [0.4, 0.5) is 10.5 Å². The van der Waals surface area contributed by atoms with E-state index in [-0.39, 0.29) is 6.03 Å². The van der Waals surface area contributed by atoms with E-state index in [1.807, 2.05) is 17.0 Å². The van der Waals surface area contributed by atoms with E-state index in [0.717, 1.165) is 31.4 Å². The van der Waals surface area contributed by atoms with Gasteiger partial charge in [-0.2, -0.15) is 0 Å². The van der Waals surface area contributed by atoms with Gasteiger partial charge in [0, 0.05) is 17.8 Å². The van der Waals surface area contributed by atoms with Crippen molar-refractivity contribution in [3.63, 3.8) is 0 Å². The molecule has 1 aromatic carbocycles. The number of hydrogen-bond donors (Lipinski definition) is 1. The van der Waals surface area contributed by atoms with Crippen LogP contribution < -0.4 is 10.2 Å². The van der Waals surface area contributed by atoms with Crippen molar-refractivity contribution >= 4 is 11.7 Å². The van der Waals surface area contributed by atoms with E-state index in [9.17, 15) is 4.79 Å². The van der Waals surface area contributed by atoms with Crippen molar-refractivity contribution in [3.8, 4) is 0 Å². The van der Waals surface area contributed by atoms with E-state index < -0.39 is 0 Å². The Morgan fingerprint density at radius 3 is 2.82 bits per heavy atom. The molecule has 1 N–H and O–H groups in total. The number of amides is 2. The molecule has 3 nitrogen and oxygen atoms in total. The van der Waals surface area contributed by atoms with Crippen molar-refractivity contribution in [1.82, 2.24) is 5.32 Å². The molecule has 1 aliphatic heterocycles. The summed E-state index contributed by atoms with van der Waals surface area (Å²) in [6, 6.07) is 9.02. The summed E-state index contributed by atoms with van der Waals surface area (Å²) < 4.78 is 0. The quantitative estimate of drug-likeness (QED) is 0.790. The monoisotopic (exact) mass is 230 g/mol. The lowest BCUT2D eigenvalue weighted by Crippen LogP contribution is -2.48. The molecule has 2 amide bonds. The highest BCUT2D eigenvalue weighted by molar-refractivity contribution is 5.94. The Bertz CT molecular complexity index is 440. The predicted octanol–water partition coefficient (Wildman–Crippen LogP) is 2.70. The maximum Gasteiger partial charge on any atom is 0.322 e. The van der Waals surface area contributed by atoms with Crippen molar-refractivity contribution in [1.29, 1.82) is 0 Å². The third-order valence-electron chi connectivity index (χ3n) is 3.65. The molecule has 1 aliphatic carbocycles. The van der Waals surface area contributed by atoms with Gasteiger partial charge in [-0.15, -0.1) is 0 Å². The van der Waals surface area contributed by atoms with Gasteiger partial charge in [0.2, 0.25) is 0 Å². The standard InChI is InChI=1S/C14H18N2O/c1-10-6-7-11-4-2-3-5-13(11)16(10)14(17)15-12-8-9-12/h2-5,10,12H,6-9H2,1H3,(H,15,17). The number of nitrogens with one attached hydrogen (secondary N) is 1. The summed E-state index contributed by atoms with van der Waals surface area (Å²) in [7, 11) is 0. The van der Waals surface area contributed by atoms with Gasteiger partial charge in [-0.3, -0.25) is 4.90 Å². The number of aryl methyl sites for hydroxylation is 1. The summed E-state index contributed by atoms with van der Waals surface area (Å²) in [6.07, 6.45) is 4.39. The zero-order valence-electron chi connectivity index (χ0n) is 10.1. The molecule has 17 heavy (non-hydrogen) atoms. The molecule has 1 atom stereocenters. The molecule has 2 aliphatic rings. The SMILES string of the molecule is CC1CCc2ccccc2N1C(=O)NC1CC1. The fraction of sp³-hybridized carbons (Fsp3) is 0.500. The Kier molecular flexibility index (Phi) is 2.54. The van der Waals surface area contributed by atoms with Gasteiger partial charge in [0.15, 0.2) is 0 Å². The highest BCUT2D eigenvalue weighted by atomic mass is 16.2. The number of carbonyl (C=O) groups is 1. The molecule has 0 spiro atoms. The van der Waals surface area contributed by atoms with Crippen LogP contribution in [-0.4, -0.2) is 18.1 Å². The van der Waals surface area contributed by atoms with Crippen LogP contribution >= 0.6 is 0 Å². The first-order chi connectivity index (χ1) is 8.25. The van der Waals surface area contributed by atoms with Crippen LogP contribution in [0.3, 0.4) is 0 Å². The van der Waals surface area contributed by atoms with Crippen molar-refractivity contribution in [2.75, 3.05) is 4.90 Å². The van der Waals surface area contributed by atoms with Crippen molar-refractivity contribution < 1.29 is 4.79 Å². The highest BCUT2D eigenvalue weighted by Gasteiger charge is 2.31. The number of urea groups is 1. The van der Waals surface area contributed by atoms with E-state index in [0.29, 0.717) is 12.1 Å². The molecule has 0 saturated heterocycles. The van der Waals surface area contributed by atoms with E-state index in [2.05, 4.69) is 24.4 Å². The second-order valence-corrected chi connectivity index (χ2v) is 5.11. The number of benzene rings is 1. The largest absolute Gasteiger partial charge is 0.335 e. The molecule has 1 aromatic rings. The second kappa shape index (κ2) is 4.06. The molecule has 3 rings (SSSR count). The topological polar surface area (TPSA) is 32.3 Å². The zero-order valence-corrected chi connectivity index (χ0v) is 10.1. The van der Waals surface area contributed by atoms with Crippen LogP contribution in [0, 0.1) is 0 Å². The lowest BCUT2D eigenvalue weighted by atomic mass is 9.97. The Hall–Kier alpha value is -1.51. The van der Waals surface area contributed by atoms with Gasteiger partial charge in [0.25, 0.3) is 0 Å². The number of carbonyl (C=O) groups excluding carboxylic acids is 1. The second-order valence-electron chi connectivity index (χ2n) is 5.11. The minimum absolute atomic E-state index is 0.0761. The third kappa shape index (κ3) is 2.02. The van der Waals surface area contributed by atoms with Gasteiger partial charge in [0.05, 0.1) is 0 Å². The van der Waals surface area contributed by atoms with Crippen molar-refractivity contribution in [2.45, 2.75) is 44.7 Å². The lowest BCUT2D eigenvalue weighted by Gasteiger charge is -2.35. The number of hydrogen-bond acceptors (Lipinski definition) is 1. The predicted molar refractivity (Wildman–Crippen MR) is 68.3 cm³/mol. The number of anilines is 1. The van der Waals surface area contributed by atoms with Gasteiger partial charge in [0.1, 0.15) is 0 Å². The van der Waals surface area contributed by atoms with Gasteiger partial charge >= 0.3 is 6.03 Å². The molecular formula is C14H18N2O. The van der Waals surface area contributed by atoms with E-state index in [4.69, 9.17) is 0 Å². The first-order valence-corrected chi connectivity index (χ1v) is 6.43. The molecule has 1 saturated carbocycles. The van der Waals surface area contributed by atoms with Crippen LogP contribution in [0.25, 0.3) is 0 Å². The zero-order chi connectivity index (χ0) is 11.8. The summed E-state index contributed by atoms with van der Waals surface area (Å²) in [5, 5.41) is 3.08.